The molecule has 0 heterocycles. The summed E-state index contributed by atoms with van der Waals surface area (Å²) >= 11 is 4.92. The highest BCUT2D eigenvalue weighted by atomic mass is 32.1. The molecule has 0 bridgehead atoms. The van der Waals surface area contributed by atoms with E-state index in [0.29, 0.717) is 11.5 Å². The Labute approximate surface area is 107 Å². The highest BCUT2D eigenvalue weighted by Gasteiger charge is 2.21. The average molecular weight is 251 g/mol. The fourth-order valence-electron chi connectivity index (χ4n) is 1.09. The fourth-order valence-corrected chi connectivity index (χ4v) is 1.16. The summed E-state index contributed by atoms with van der Waals surface area (Å²) in [6.07, 6.45) is 0. The van der Waals surface area contributed by atoms with Crippen molar-refractivity contribution in [2.24, 2.45) is 11.1 Å². The number of carbonyl (C=O) groups is 1. The van der Waals surface area contributed by atoms with E-state index in [1.54, 1.807) is 0 Å². The second kappa shape index (κ2) is 5.63. The van der Waals surface area contributed by atoms with Crippen molar-refractivity contribution >= 4 is 28.9 Å². The number of benzene rings is 1. The summed E-state index contributed by atoms with van der Waals surface area (Å²) in [4.78, 5) is 12.0. The molecule has 0 radical (unpaired) electrons. The van der Waals surface area contributed by atoms with Crippen molar-refractivity contribution in [3.05, 3.63) is 30.3 Å². The molecule has 0 aliphatic carbocycles. The number of para-hydroxylation sites is 1. The Kier molecular flexibility index (Phi) is 4.45. The predicted molar refractivity (Wildman–Crippen MR) is 74.0 cm³/mol. The Morgan fingerprint density at radius 2 is 1.94 bits per heavy atom. The van der Waals surface area contributed by atoms with E-state index in [4.69, 9.17) is 18.0 Å². The van der Waals surface area contributed by atoms with Crippen LogP contribution in [0.15, 0.2) is 30.3 Å². The smallest absolute Gasteiger partial charge is 0.319 e. The number of urea groups is 1. The van der Waals surface area contributed by atoms with Crippen LogP contribution in [0.2, 0.25) is 0 Å². The molecule has 92 valence electrons. The topological polar surface area (TPSA) is 67.2 Å². The molecule has 1 aromatic rings. The summed E-state index contributed by atoms with van der Waals surface area (Å²) < 4.78 is 0. The molecule has 0 spiro atoms. The first-order valence-corrected chi connectivity index (χ1v) is 5.72. The number of amides is 2. The third-order valence-electron chi connectivity index (χ3n) is 2.39. The van der Waals surface area contributed by atoms with Crippen molar-refractivity contribution in [1.29, 1.82) is 0 Å². The number of nitrogens with two attached hydrogens (primary N) is 1. The molecule has 4 N–H and O–H groups in total. The Bertz CT molecular complexity index is 403. The van der Waals surface area contributed by atoms with Crippen molar-refractivity contribution in [3.8, 4) is 0 Å². The molecule has 0 fully saturated rings. The zero-order valence-electron chi connectivity index (χ0n) is 9.99. The van der Waals surface area contributed by atoms with Crippen LogP contribution in [0.5, 0.6) is 0 Å². The first-order chi connectivity index (χ1) is 7.92. The molecule has 2 amide bonds. The molecule has 1 rings (SSSR count). The van der Waals surface area contributed by atoms with Gasteiger partial charge in [-0.3, -0.25) is 0 Å². The second-order valence-electron chi connectivity index (χ2n) is 4.42. The van der Waals surface area contributed by atoms with Crippen molar-refractivity contribution in [3.63, 3.8) is 0 Å². The van der Waals surface area contributed by atoms with Crippen molar-refractivity contribution in [2.75, 3.05) is 11.9 Å². The maximum atomic E-state index is 11.6. The van der Waals surface area contributed by atoms with Crippen LogP contribution in [0, 0.1) is 5.41 Å². The second-order valence-corrected chi connectivity index (χ2v) is 4.86. The predicted octanol–water partition coefficient (Wildman–Crippen LogP) is 2.12. The monoisotopic (exact) mass is 251 g/mol. The van der Waals surface area contributed by atoms with E-state index < -0.39 is 0 Å². The molecule has 0 aliphatic heterocycles. The maximum absolute atomic E-state index is 11.6. The summed E-state index contributed by atoms with van der Waals surface area (Å²) in [5.74, 6) is 0. The molecule has 0 aliphatic rings. The van der Waals surface area contributed by atoms with Gasteiger partial charge in [-0.25, -0.2) is 4.79 Å². The number of rotatable bonds is 4. The Morgan fingerprint density at radius 3 is 2.47 bits per heavy atom. The minimum absolute atomic E-state index is 0.263. The minimum atomic E-state index is -0.386. The molecule has 0 aromatic heterocycles. The van der Waals surface area contributed by atoms with E-state index in [2.05, 4.69) is 10.6 Å². The van der Waals surface area contributed by atoms with E-state index in [0.717, 1.165) is 5.69 Å². The Balaban J connectivity index is 2.44. The lowest BCUT2D eigenvalue weighted by Gasteiger charge is -2.23. The van der Waals surface area contributed by atoms with Crippen LogP contribution in [0.1, 0.15) is 13.8 Å². The van der Waals surface area contributed by atoms with Gasteiger partial charge < -0.3 is 16.4 Å². The van der Waals surface area contributed by atoms with E-state index in [1.165, 1.54) is 0 Å². The summed E-state index contributed by atoms with van der Waals surface area (Å²) in [6, 6.07) is 8.97. The van der Waals surface area contributed by atoms with Crippen LogP contribution in [0.25, 0.3) is 0 Å². The molecular formula is C12H17N3OS. The van der Waals surface area contributed by atoms with E-state index in [1.807, 2.05) is 44.2 Å². The van der Waals surface area contributed by atoms with Gasteiger partial charge in [0.05, 0.1) is 4.99 Å². The maximum Gasteiger partial charge on any atom is 0.319 e. The number of hydrogen-bond acceptors (Lipinski definition) is 2. The molecule has 4 nitrogen and oxygen atoms in total. The molecular weight excluding hydrogens is 234 g/mol. The Morgan fingerprint density at radius 1 is 1.35 bits per heavy atom. The molecule has 0 unspecified atom stereocenters. The minimum Gasteiger partial charge on any atom is -0.393 e. The molecule has 0 saturated heterocycles. The highest BCUT2D eigenvalue weighted by molar-refractivity contribution is 7.80. The first kappa shape index (κ1) is 13.4. The van der Waals surface area contributed by atoms with Gasteiger partial charge in [0.1, 0.15) is 0 Å². The lowest BCUT2D eigenvalue weighted by atomic mass is 9.94. The zero-order valence-corrected chi connectivity index (χ0v) is 10.8. The van der Waals surface area contributed by atoms with Crippen LogP contribution in [0.3, 0.4) is 0 Å². The number of anilines is 1. The zero-order chi connectivity index (χ0) is 12.9. The van der Waals surface area contributed by atoms with Gasteiger partial charge in [-0.2, -0.15) is 0 Å². The van der Waals surface area contributed by atoms with Gasteiger partial charge in [0.2, 0.25) is 0 Å². The van der Waals surface area contributed by atoms with Crippen LogP contribution >= 0.6 is 12.2 Å². The lowest BCUT2D eigenvalue weighted by Crippen LogP contribution is -2.42. The number of hydrogen-bond donors (Lipinski definition) is 3. The molecule has 5 heteroatoms. The van der Waals surface area contributed by atoms with Gasteiger partial charge in [-0.1, -0.05) is 44.3 Å². The van der Waals surface area contributed by atoms with Crippen molar-refractivity contribution < 1.29 is 4.79 Å². The van der Waals surface area contributed by atoms with Gasteiger partial charge >= 0.3 is 6.03 Å². The van der Waals surface area contributed by atoms with Gasteiger partial charge in [0.25, 0.3) is 0 Å². The van der Waals surface area contributed by atoms with Crippen molar-refractivity contribution in [2.45, 2.75) is 13.8 Å². The summed E-state index contributed by atoms with van der Waals surface area (Å²) in [7, 11) is 0. The van der Waals surface area contributed by atoms with E-state index in [9.17, 15) is 4.79 Å². The number of thiocarbonyl (C=S) groups is 1. The largest absolute Gasteiger partial charge is 0.393 e. The molecule has 0 saturated carbocycles. The summed E-state index contributed by atoms with van der Waals surface area (Å²) in [5, 5.41) is 5.45. The SMILES string of the molecule is CC(C)(CNC(=O)Nc1ccccc1)C(N)=S. The highest BCUT2D eigenvalue weighted by Crippen LogP contribution is 2.13. The normalized spacial score (nSPS) is 10.7. The van der Waals surface area contributed by atoms with E-state index >= 15 is 0 Å². The van der Waals surface area contributed by atoms with Crippen molar-refractivity contribution in [1.82, 2.24) is 5.32 Å². The van der Waals surface area contributed by atoms with Gasteiger partial charge in [-0.05, 0) is 12.1 Å². The quantitative estimate of drug-likeness (QED) is 0.718. The molecule has 17 heavy (non-hydrogen) atoms. The van der Waals surface area contributed by atoms with Crippen LogP contribution in [-0.2, 0) is 0 Å². The third-order valence-corrected chi connectivity index (χ3v) is 2.94. The Hall–Kier alpha value is -1.62. The third kappa shape index (κ3) is 4.40. The van der Waals surface area contributed by atoms with Crippen LogP contribution in [0.4, 0.5) is 10.5 Å². The van der Waals surface area contributed by atoms with Gasteiger partial charge in [0.15, 0.2) is 0 Å². The van der Waals surface area contributed by atoms with E-state index in [-0.39, 0.29) is 11.4 Å². The summed E-state index contributed by atoms with van der Waals surface area (Å²) in [5.41, 5.74) is 5.93. The fraction of sp³-hybridized carbons (Fsp3) is 0.333. The molecule has 0 atom stereocenters. The number of carbonyl (C=O) groups excluding carboxylic acids is 1. The standard InChI is InChI=1S/C12H17N3OS/c1-12(2,10(13)17)8-14-11(16)15-9-6-4-3-5-7-9/h3-7H,8H2,1-2H3,(H2,13,17)(H2,14,15,16). The lowest BCUT2D eigenvalue weighted by molar-refractivity contribution is 0.249. The summed E-state index contributed by atoms with van der Waals surface area (Å²) in [6.45, 7) is 4.18. The van der Waals surface area contributed by atoms with Crippen LogP contribution in [-0.4, -0.2) is 17.6 Å². The number of nitrogens with one attached hydrogen (secondary N) is 2. The van der Waals surface area contributed by atoms with Crippen LogP contribution < -0.4 is 16.4 Å². The van der Waals surface area contributed by atoms with Gasteiger partial charge in [0, 0.05) is 17.6 Å². The van der Waals surface area contributed by atoms with Gasteiger partial charge in [-0.15, -0.1) is 0 Å². The molecule has 1 aromatic carbocycles. The average Bonchev–Trinajstić information content (AvgIpc) is 2.28. The first-order valence-electron chi connectivity index (χ1n) is 5.31.